The van der Waals surface area contributed by atoms with Gasteiger partial charge in [0.25, 0.3) is 0 Å². The van der Waals surface area contributed by atoms with Crippen LogP contribution in [-0.2, 0) is 13.0 Å². The summed E-state index contributed by atoms with van der Waals surface area (Å²) >= 11 is 0. The molecular weight excluding hydrogens is 369 g/mol. The fourth-order valence-corrected chi connectivity index (χ4v) is 3.87. The number of hydrogen-bond donors (Lipinski definition) is 2. The van der Waals surface area contributed by atoms with Gasteiger partial charge in [0.05, 0.1) is 18.3 Å². The van der Waals surface area contributed by atoms with Gasteiger partial charge in [-0.25, -0.2) is 9.37 Å². The van der Waals surface area contributed by atoms with Crippen LogP contribution in [-0.4, -0.2) is 40.3 Å². The molecule has 0 aliphatic carbocycles. The van der Waals surface area contributed by atoms with Crippen molar-refractivity contribution in [3.8, 4) is 5.75 Å². The van der Waals surface area contributed by atoms with Gasteiger partial charge in [-0.05, 0) is 43.7 Å². The zero-order valence-electron chi connectivity index (χ0n) is 16.6. The minimum Gasteiger partial charge on any atom is -0.490 e. The fraction of sp³-hybridized carbons (Fsp3) is 0.364. The van der Waals surface area contributed by atoms with Crippen molar-refractivity contribution in [1.82, 2.24) is 20.1 Å². The number of nitrogens with zero attached hydrogens (tertiary/aromatic N) is 3. The lowest BCUT2D eigenvalue weighted by Crippen LogP contribution is -2.23. The number of likely N-dealkylation sites (tertiary alicyclic amines) is 1. The summed E-state index contributed by atoms with van der Waals surface area (Å²) in [6.07, 6.45) is 4.70. The van der Waals surface area contributed by atoms with E-state index in [0.29, 0.717) is 13.0 Å². The molecule has 3 aromatic rings. The number of pyridine rings is 1. The Bertz CT molecular complexity index is 944. The maximum atomic E-state index is 13.6. The van der Waals surface area contributed by atoms with Gasteiger partial charge in [0.15, 0.2) is 11.6 Å². The Hall–Kier alpha value is -2.93. The molecule has 152 valence electrons. The van der Waals surface area contributed by atoms with E-state index in [0.717, 1.165) is 43.1 Å². The number of benzene rings is 1. The molecule has 1 atom stereocenters. The smallest absolute Gasteiger partial charge is 0.165 e. The molecule has 0 spiro atoms. The average Bonchev–Trinajstić information content (AvgIpc) is 3.39. The largest absolute Gasteiger partial charge is 0.490 e. The molecule has 7 heteroatoms. The van der Waals surface area contributed by atoms with Crippen LogP contribution in [0.3, 0.4) is 0 Å². The van der Waals surface area contributed by atoms with Crippen LogP contribution in [0.5, 0.6) is 5.75 Å². The number of rotatable bonds is 8. The van der Waals surface area contributed by atoms with E-state index in [9.17, 15) is 4.39 Å². The quantitative estimate of drug-likeness (QED) is 0.605. The Morgan fingerprint density at radius 3 is 3.03 bits per heavy atom. The van der Waals surface area contributed by atoms with Gasteiger partial charge in [-0.1, -0.05) is 18.2 Å². The highest BCUT2D eigenvalue weighted by Crippen LogP contribution is 2.33. The van der Waals surface area contributed by atoms with E-state index in [1.165, 1.54) is 11.6 Å². The summed E-state index contributed by atoms with van der Waals surface area (Å²) in [4.78, 5) is 6.86. The average molecular weight is 395 g/mol. The summed E-state index contributed by atoms with van der Waals surface area (Å²) < 4.78 is 19.2. The molecule has 1 fully saturated rings. The molecule has 0 bridgehead atoms. The highest BCUT2D eigenvalue weighted by molar-refractivity contribution is 5.43. The van der Waals surface area contributed by atoms with E-state index in [1.54, 1.807) is 24.4 Å². The first kappa shape index (κ1) is 19.4. The summed E-state index contributed by atoms with van der Waals surface area (Å²) in [6.45, 7) is 2.28. The summed E-state index contributed by atoms with van der Waals surface area (Å²) in [7, 11) is 1.90. The van der Waals surface area contributed by atoms with Crippen molar-refractivity contribution in [2.24, 2.45) is 0 Å². The third-order valence-corrected chi connectivity index (χ3v) is 5.32. The van der Waals surface area contributed by atoms with Crippen molar-refractivity contribution >= 4 is 5.82 Å². The number of nitrogens with one attached hydrogen (secondary N) is 2. The molecule has 4 rings (SSSR count). The minimum absolute atomic E-state index is 0.283. The molecular formula is C22H26FN5O. The predicted molar refractivity (Wildman–Crippen MR) is 110 cm³/mol. The first-order valence-electron chi connectivity index (χ1n) is 10.0. The normalized spacial score (nSPS) is 16.8. The molecule has 0 amide bonds. The minimum atomic E-state index is -0.337. The number of aromatic amines is 1. The predicted octanol–water partition coefficient (Wildman–Crippen LogP) is 3.94. The van der Waals surface area contributed by atoms with E-state index >= 15 is 0 Å². The lowest BCUT2D eigenvalue weighted by atomic mass is 10.1. The Morgan fingerprint density at radius 2 is 2.17 bits per heavy atom. The van der Waals surface area contributed by atoms with Crippen molar-refractivity contribution in [1.29, 1.82) is 0 Å². The zero-order valence-corrected chi connectivity index (χ0v) is 16.6. The highest BCUT2D eigenvalue weighted by atomic mass is 19.1. The standard InChI is InChI=1S/C22H26FN5O/c1-24-22-16(6-4-11-25-22)15-28-12-5-8-20(28)19-14-17(26-27-19)10-13-29-21-9-3-2-7-18(21)23/h2-4,6-7,9,11,14,20H,5,8,10,12-13,15H2,1H3,(H,24,25)(H,26,27)/t20-/m1/s1. The van der Waals surface area contributed by atoms with E-state index in [1.807, 2.05) is 13.1 Å². The van der Waals surface area contributed by atoms with Crippen molar-refractivity contribution in [2.75, 3.05) is 25.5 Å². The van der Waals surface area contributed by atoms with Gasteiger partial charge in [-0.2, -0.15) is 5.10 Å². The first-order chi connectivity index (χ1) is 14.2. The van der Waals surface area contributed by atoms with E-state index in [2.05, 4.69) is 37.5 Å². The summed E-state index contributed by atoms with van der Waals surface area (Å²) in [5, 5.41) is 10.8. The van der Waals surface area contributed by atoms with Gasteiger partial charge in [0, 0.05) is 37.5 Å². The number of halogens is 1. The monoisotopic (exact) mass is 395 g/mol. The Morgan fingerprint density at radius 1 is 1.28 bits per heavy atom. The van der Waals surface area contributed by atoms with Crippen molar-refractivity contribution in [3.63, 3.8) is 0 Å². The van der Waals surface area contributed by atoms with Gasteiger partial charge in [-0.3, -0.25) is 10.00 Å². The van der Waals surface area contributed by atoms with Gasteiger partial charge in [0.2, 0.25) is 0 Å². The number of anilines is 1. The first-order valence-corrected chi connectivity index (χ1v) is 10.0. The molecule has 6 nitrogen and oxygen atoms in total. The second-order valence-electron chi connectivity index (χ2n) is 7.24. The van der Waals surface area contributed by atoms with Gasteiger partial charge >= 0.3 is 0 Å². The molecule has 3 heterocycles. The van der Waals surface area contributed by atoms with Crippen LogP contribution in [0.4, 0.5) is 10.2 Å². The van der Waals surface area contributed by atoms with Crippen LogP contribution in [0.2, 0.25) is 0 Å². The van der Waals surface area contributed by atoms with Crippen LogP contribution in [0, 0.1) is 5.82 Å². The Balaban J connectivity index is 1.37. The van der Waals surface area contributed by atoms with Gasteiger partial charge < -0.3 is 10.1 Å². The van der Waals surface area contributed by atoms with E-state index in [4.69, 9.17) is 4.74 Å². The van der Waals surface area contributed by atoms with Crippen LogP contribution in [0.1, 0.15) is 35.8 Å². The SMILES string of the molecule is CNc1ncccc1CN1CCC[C@@H]1c1cc(CCOc2ccccc2F)[nH]n1. The van der Waals surface area contributed by atoms with Crippen molar-refractivity contribution in [3.05, 3.63) is 71.4 Å². The third-order valence-electron chi connectivity index (χ3n) is 5.32. The van der Waals surface area contributed by atoms with Crippen LogP contribution in [0.15, 0.2) is 48.7 Å². The second kappa shape index (κ2) is 9.05. The molecule has 1 aliphatic heterocycles. The van der Waals surface area contributed by atoms with Crippen molar-refractivity contribution < 1.29 is 9.13 Å². The van der Waals surface area contributed by atoms with Gasteiger partial charge in [-0.15, -0.1) is 0 Å². The number of hydrogen-bond acceptors (Lipinski definition) is 5. The van der Waals surface area contributed by atoms with Crippen LogP contribution in [0.25, 0.3) is 0 Å². The van der Waals surface area contributed by atoms with Crippen molar-refractivity contribution in [2.45, 2.75) is 31.8 Å². The summed E-state index contributed by atoms with van der Waals surface area (Å²) in [6, 6.07) is 13.0. The molecule has 2 N–H and O–H groups in total. The number of aromatic nitrogens is 3. The molecule has 1 aliphatic rings. The van der Waals surface area contributed by atoms with E-state index < -0.39 is 0 Å². The molecule has 1 saturated heterocycles. The molecule has 0 radical (unpaired) electrons. The lowest BCUT2D eigenvalue weighted by molar-refractivity contribution is 0.244. The van der Waals surface area contributed by atoms with Crippen LogP contribution < -0.4 is 10.1 Å². The Kier molecular flexibility index (Phi) is 6.05. The maximum absolute atomic E-state index is 13.6. The van der Waals surface area contributed by atoms with E-state index in [-0.39, 0.29) is 17.6 Å². The van der Waals surface area contributed by atoms with Crippen LogP contribution >= 0.6 is 0 Å². The maximum Gasteiger partial charge on any atom is 0.165 e. The zero-order chi connectivity index (χ0) is 20.1. The molecule has 0 saturated carbocycles. The number of para-hydroxylation sites is 1. The molecule has 29 heavy (non-hydrogen) atoms. The molecule has 1 aromatic carbocycles. The fourth-order valence-electron chi connectivity index (χ4n) is 3.87. The second-order valence-corrected chi connectivity index (χ2v) is 7.24. The lowest BCUT2D eigenvalue weighted by Gasteiger charge is -2.23. The summed E-state index contributed by atoms with van der Waals surface area (Å²) in [5.41, 5.74) is 3.25. The third kappa shape index (κ3) is 4.56. The number of ether oxygens (including phenoxy) is 1. The highest BCUT2D eigenvalue weighted by Gasteiger charge is 2.28. The number of H-pyrrole nitrogens is 1. The topological polar surface area (TPSA) is 66.1 Å². The Labute approximate surface area is 170 Å². The molecule has 0 unspecified atom stereocenters. The summed E-state index contributed by atoms with van der Waals surface area (Å²) in [5.74, 6) is 0.868. The molecule has 2 aromatic heterocycles. The van der Waals surface area contributed by atoms with Gasteiger partial charge in [0.1, 0.15) is 5.82 Å².